The number of hydrogen-bond acceptors (Lipinski definition) is 4. The van der Waals surface area contributed by atoms with Crippen LogP contribution in [0.3, 0.4) is 0 Å². The van der Waals surface area contributed by atoms with E-state index in [1.165, 1.54) is 0 Å². The topological polar surface area (TPSA) is 92.2 Å². The van der Waals surface area contributed by atoms with Gasteiger partial charge in [-0.3, -0.25) is 0 Å². The molecule has 81 valence electrons. The minimum absolute atomic E-state index is 0. The normalized spacial score (nSPS) is 10.9. The van der Waals surface area contributed by atoms with Gasteiger partial charge in [0.25, 0.3) is 0 Å². The minimum Gasteiger partial charge on any atom is -0.222 e. The maximum absolute atomic E-state index is 8.49. The van der Waals surface area contributed by atoms with Crippen LogP contribution in [0, 0.1) is 10.2 Å². The molecule has 6 heteroatoms. The van der Waals surface area contributed by atoms with E-state index in [-0.39, 0.29) is 19.5 Å². The molecule has 1 radical (unpaired) electrons. The van der Waals surface area contributed by atoms with Crippen LogP contribution >= 0.6 is 0 Å². The molecule has 0 saturated carbocycles. The first-order valence-electron chi connectivity index (χ1n) is 3.26. The fraction of sp³-hybridized carbons (Fsp3) is 0.429. The molecular formula is C7H12ClO4Rh-. The minimum atomic E-state index is -4.94. The second-order valence-corrected chi connectivity index (χ2v) is 2.51. The van der Waals surface area contributed by atoms with Gasteiger partial charge in [-0.25, -0.2) is 18.6 Å². The summed E-state index contributed by atoms with van der Waals surface area (Å²) in [6.07, 6.45) is 9.44. The number of rotatable bonds is 2. The van der Waals surface area contributed by atoms with Crippen molar-refractivity contribution >= 4 is 0 Å². The summed E-state index contributed by atoms with van der Waals surface area (Å²) in [6.45, 7) is 4.06. The third-order valence-electron chi connectivity index (χ3n) is 0.744. The first-order chi connectivity index (χ1) is 5.41. The van der Waals surface area contributed by atoms with Crippen molar-refractivity contribution in [2.75, 3.05) is 0 Å². The zero-order valence-corrected chi connectivity index (χ0v) is 9.76. The van der Waals surface area contributed by atoms with Crippen molar-refractivity contribution in [3.63, 3.8) is 0 Å². The molecular weight excluding hydrogens is 286 g/mol. The van der Waals surface area contributed by atoms with Crippen molar-refractivity contribution in [3.05, 3.63) is 24.3 Å². The van der Waals surface area contributed by atoms with Gasteiger partial charge in [0.05, 0.1) is 0 Å². The molecule has 0 bridgehead atoms. The largest absolute Gasteiger partial charge is 0.222 e. The Kier molecular flexibility index (Phi) is 17.8. The van der Waals surface area contributed by atoms with Crippen LogP contribution in [0.1, 0.15) is 20.3 Å². The second-order valence-electron chi connectivity index (χ2n) is 1.75. The predicted molar refractivity (Wildman–Crippen MR) is 34.2 cm³/mol. The maximum Gasteiger partial charge on any atom is 0 e. The average molecular weight is 299 g/mol. The Morgan fingerprint density at radius 3 is 1.31 bits per heavy atom. The monoisotopic (exact) mass is 298 g/mol. The molecule has 0 atom stereocenters. The van der Waals surface area contributed by atoms with Crippen LogP contribution in [-0.2, 0) is 19.5 Å². The van der Waals surface area contributed by atoms with Crippen molar-refractivity contribution in [3.8, 4) is 0 Å². The van der Waals surface area contributed by atoms with E-state index >= 15 is 0 Å². The Morgan fingerprint density at radius 2 is 1.15 bits per heavy atom. The van der Waals surface area contributed by atoms with Crippen LogP contribution in [0.5, 0.6) is 0 Å². The molecule has 0 aliphatic carbocycles. The van der Waals surface area contributed by atoms with Gasteiger partial charge in [0.1, 0.15) is 0 Å². The third kappa shape index (κ3) is 71.5. The Bertz CT molecular complexity index is 126. The van der Waals surface area contributed by atoms with E-state index in [1.807, 2.05) is 13.8 Å². The van der Waals surface area contributed by atoms with Gasteiger partial charge in [-0.1, -0.05) is 24.3 Å². The molecule has 0 amide bonds. The van der Waals surface area contributed by atoms with E-state index in [1.54, 1.807) is 0 Å². The zero-order valence-electron chi connectivity index (χ0n) is 7.36. The molecule has 0 rings (SSSR count). The van der Waals surface area contributed by atoms with E-state index < -0.39 is 10.2 Å². The quantitative estimate of drug-likeness (QED) is 0.426. The Balaban J connectivity index is -0.000000150. The zero-order chi connectivity index (χ0) is 10.0. The first-order valence-corrected chi connectivity index (χ1v) is 4.49. The van der Waals surface area contributed by atoms with Crippen LogP contribution in [0.4, 0.5) is 0 Å². The number of halogens is 1. The third-order valence-corrected chi connectivity index (χ3v) is 0.744. The molecule has 4 nitrogen and oxygen atoms in total. The fourth-order valence-corrected chi connectivity index (χ4v) is 0.351. The second kappa shape index (κ2) is 12.2. The standard InChI is InChI=1S/C7H12.ClHO4.Rh/c1-3-5-7-6-4-2;2-1(3,4)5;/h3-6H,7H2,1-2H3;(H,2,3,4,5);/p-1. The molecule has 0 aliphatic rings. The smallest absolute Gasteiger partial charge is 0 e. The summed E-state index contributed by atoms with van der Waals surface area (Å²) in [5, 5.41) is 0. The van der Waals surface area contributed by atoms with Crippen molar-refractivity contribution in [2.24, 2.45) is 0 Å². The van der Waals surface area contributed by atoms with Crippen LogP contribution in [0.15, 0.2) is 24.3 Å². The fourth-order valence-electron chi connectivity index (χ4n) is 0.351. The number of allylic oxidation sites excluding steroid dienone is 4. The molecule has 0 spiro atoms. The molecule has 0 aliphatic heterocycles. The van der Waals surface area contributed by atoms with Crippen LogP contribution < -0.4 is 18.6 Å². The van der Waals surface area contributed by atoms with Crippen molar-refractivity contribution in [1.29, 1.82) is 0 Å². The molecule has 13 heavy (non-hydrogen) atoms. The Hall–Kier alpha value is 0.233. The van der Waals surface area contributed by atoms with Gasteiger partial charge >= 0.3 is 0 Å². The molecule has 0 N–H and O–H groups in total. The van der Waals surface area contributed by atoms with Crippen LogP contribution in [-0.4, -0.2) is 0 Å². The SMILES string of the molecule is CC=CCC=CC.[O-][Cl+3]([O-])([O-])[O-].[Rh]. The van der Waals surface area contributed by atoms with Gasteiger partial charge in [-0.15, -0.1) is 10.2 Å². The van der Waals surface area contributed by atoms with E-state index in [4.69, 9.17) is 18.6 Å². The van der Waals surface area contributed by atoms with Gasteiger partial charge < -0.3 is 0 Å². The summed E-state index contributed by atoms with van der Waals surface area (Å²) in [5.74, 6) is 0. The van der Waals surface area contributed by atoms with Gasteiger partial charge in [0.2, 0.25) is 0 Å². The maximum atomic E-state index is 8.49. The molecule has 0 heterocycles. The van der Waals surface area contributed by atoms with Gasteiger partial charge in [-0.2, -0.15) is 0 Å². The Morgan fingerprint density at radius 1 is 0.923 bits per heavy atom. The summed E-state index contributed by atoms with van der Waals surface area (Å²) in [5.41, 5.74) is 0. The van der Waals surface area contributed by atoms with Crippen molar-refractivity contribution < 1.29 is 48.4 Å². The van der Waals surface area contributed by atoms with E-state index in [9.17, 15) is 0 Å². The average Bonchev–Trinajstić information content (AvgIpc) is 1.85. The number of hydrogen-bond donors (Lipinski definition) is 0. The van der Waals surface area contributed by atoms with E-state index in [0.717, 1.165) is 6.42 Å². The molecule has 0 aromatic rings. The molecule has 0 aromatic carbocycles. The summed E-state index contributed by atoms with van der Waals surface area (Å²) in [7, 11) is -4.94. The van der Waals surface area contributed by atoms with Crippen LogP contribution in [0.2, 0.25) is 0 Å². The summed E-state index contributed by atoms with van der Waals surface area (Å²) < 4.78 is 34.0. The van der Waals surface area contributed by atoms with E-state index in [0.29, 0.717) is 0 Å². The Labute approximate surface area is 93.1 Å². The first kappa shape index (κ1) is 18.9. The van der Waals surface area contributed by atoms with Crippen molar-refractivity contribution in [1.82, 2.24) is 0 Å². The summed E-state index contributed by atoms with van der Waals surface area (Å²) in [4.78, 5) is 0. The van der Waals surface area contributed by atoms with Crippen molar-refractivity contribution in [2.45, 2.75) is 20.3 Å². The summed E-state index contributed by atoms with van der Waals surface area (Å²) >= 11 is 0. The molecule has 0 saturated heterocycles. The molecule has 0 aromatic heterocycles. The van der Waals surface area contributed by atoms with Crippen LogP contribution in [0.25, 0.3) is 0 Å². The molecule has 0 unspecified atom stereocenters. The molecule has 0 fully saturated rings. The van der Waals surface area contributed by atoms with E-state index in [2.05, 4.69) is 24.3 Å². The van der Waals surface area contributed by atoms with Gasteiger partial charge in [0, 0.05) is 19.5 Å². The van der Waals surface area contributed by atoms with Gasteiger partial charge in [0.15, 0.2) is 0 Å². The predicted octanol–water partition coefficient (Wildman–Crippen LogP) is -2.23. The van der Waals surface area contributed by atoms with Gasteiger partial charge in [-0.05, 0) is 20.3 Å². The summed E-state index contributed by atoms with van der Waals surface area (Å²) in [6, 6.07) is 0.